The van der Waals surface area contributed by atoms with Crippen LogP contribution in [-0.4, -0.2) is 32.2 Å². The minimum absolute atomic E-state index is 0.0636. The fourth-order valence-corrected chi connectivity index (χ4v) is 3.20. The molecule has 0 saturated heterocycles. The molecule has 0 aliphatic rings. The largest absolute Gasteiger partial charge is 0.370 e. The van der Waals surface area contributed by atoms with Gasteiger partial charge in [-0.2, -0.15) is 0 Å². The average Bonchev–Trinajstić information content (AvgIpc) is 2.96. The summed E-state index contributed by atoms with van der Waals surface area (Å²) >= 11 is 1.35. The summed E-state index contributed by atoms with van der Waals surface area (Å²) in [6, 6.07) is 7.83. The van der Waals surface area contributed by atoms with Crippen molar-refractivity contribution in [1.82, 2.24) is 14.8 Å². The quantitative estimate of drug-likeness (QED) is 0.519. The normalized spacial score (nSPS) is 10.8. The van der Waals surface area contributed by atoms with Gasteiger partial charge < -0.3 is 10.3 Å². The Morgan fingerprint density at radius 1 is 1.16 bits per heavy atom. The van der Waals surface area contributed by atoms with E-state index in [2.05, 4.69) is 17.1 Å². The maximum Gasteiger partial charge on any atom is 0.217 e. The number of rotatable bonds is 10. The molecule has 0 spiro atoms. The van der Waals surface area contributed by atoms with Crippen molar-refractivity contribution in [3.8, 4) is 0 Å². The molecule has 0 atom stereocenters. The second-order valence-electron chi connectivity index (χ2n) is 5.94. The fourth-order valence-electron chi connectivity index (χ4n) is 2.38. The van der Waals surface area contributed by atoms with Crippen LogP contribution in [0.25, 0.3) is 0 Å². The zero-order valence-corrected chi connectivity index (χ0v) is 15.5. The average molecular weight is 360 g/mol. The highest BCUT2D eigenvalue weighted by molar-refractivity contribution is 7.99. The Bertz CT molecular complexity index is 725. The van der Waals surface area contributed by atoms with E-state index < -0.39 is 0 Å². The molecule has 1 heterocycles. The van der Waals surface area contributed by atoms with Gasteiger partial charge in [0.15, 0.2) is 10.9 Å². The first-order chi connectivity index (χ1) is 12.0. The minimum atomic E-state index is -0.366. The molecule has 1 amide bonds. The second-order valence-corrected chi connectivity index (χ2v) is 6.88. The van der Waals surface area contributed by atoms with E-state index in [1.165, 1.54) is 17.3 Å². The summed E-state index contributed by atoms with van der Waals surface area (Å²) in [4.78, 5) is 23.2. The van der Waals surface area contributed by atoms with Crippen LogP contribution in [0.5, 0.6) is 0 Å². The van der Waals surface area contributed by atoms with Gasteiger partial charge in [0.2, 0.25) is 5.91 Å². The molecule has 1 aromatic carbocycles. The molecule has 0 bridgehead atoms. The molecule has 0 saturated carbocycles. The number of carbonyl (C=O) groups is 2. The molecule has 2 aromatic rings. The number of aromatic nitrogens is 3. The van der Waals surface area contributed by atoms with Crippen LogP contribution in [0.2, 0.25) is 0 Å². The topological polar surface area (TPSA) is 90.9 Å². The maximum atomic E-state index is 12.3. The zero-order chi connectivity index (χ0) is 18.2. The molecule has 6 nitrogen and oxygen atoms in total. The number of carbonyl (C=O) groups excluding carboxylic acids is 2. The predicted octanol–water partition coefficient (Wildman–Crippen LogP) is 2.55. The first kappa shape index (κ1) is 19.2. The number of Topliss-reactive ketones (excluding diaryl/α,β-unsaturated/α-hetero) is 1. The van der Waals surface area contributed by atoms with Crippen molar-refractivity contribution in [2.24, 2.45) is 12.8 Å². The van der Waals surface area contributed by atoms with E-state index >= 15 is 0 Å². The summed E-state index contributed by atoms with van der Waals surface area (Å²) in [6.07, 6.45) is 4.06. The van der Waals surface area contributed by atoms with E-state index in [-0.39, 0.29) is 18.1 Å². The zero-order valence-electron chi connectivity index (χ0n) is 14.7. The van der Waals surface area contributed by atoms with E-state index in [1.54, 1.807) is 4.57 Å². The smallest absolute Gasteiger partial charge is 0.217 e. The molecule has 0 radical (unpaired) electrons. The van der Waals surface area contributed by atoms with E-state index in [4.69, 9.17) is 5.73 Å². The molecule has 2 N–H and O–H groups in total. The van der Waals surface area contributed by atoms with Crippen LogP contribution in [0.3, 0.4) is 0 Å². The number of nitrogens with zero attached hydrogens (tertiary/aromatic N) is 3. The summed E-state index contributed by atoms with van der Waals surface area (Å²) in [5.41, 5.74) is 7.13. The summed E-state index contributed by atoms with van der Waals surface area (Å²) in [6.45, 7) is 2.17. The van der Waals surface area contributed by atoms with Crippen molar-refractivity contribution < 1.29 is 9.59 Å². The molecule has 25 heavy (non-hydrogen) atoms. The van der Waals surface area contributed by atoms with E-state index in [0.29, 0.717) is 28.7 Å². The molecule has 2 rings (SSSR count). The van der Waals surface area contributed by atoms with Gasteiger partial charge in [-0.15, -0.1) is 10.2 Å². The molecule has 134 valence electrons. The van der Waals surface area contributed by atoms with Crippen molar-refractivity contribution in [3.63, 3.8) is 0 Å². The Hall–Kier alpha value is -2.15. The number of ketones is 1. The minimum Gasteiger partial charge on any atom is -0.370 e. The van der Waals surface area contributed by atoms with Gasteiger partial charge in [0, 0.05) is 25.5 Å². The van der Waals surface area contributed by atoms with Gasteiger partial charge in [0.25, 0.3) is 0 Å². The number of amides is 1. The van der Waals surface area contributed by atoms with Crippen LogP contribution in [0.15, 0.2) is 29.4 Å². The van der Waals surface area contributed by atoms with Gasteiger partial charge in [-0.1, -0.05) is 49.4 Å². The number of primary amides is 1. The Balaban J connectivity index is 1.90. The number of unbranched alkanes of at least 4 members (excludes halogenated alkanes) is 1. The van der Waals surface area contributed by atoms with Crippen LogP contribution in [0.4, 0.5) is 0 Å². The Morgan fingerprint density at radius 2 is 1.88 bits per heavy atom. The van der Waals surface area contributed by atoms with Crippen molar-refractivity contribution in [3.05, 3.63) is 41.2 Å². The van der Waals surface area contributed by atoms with Crippen molar-refractivity contribution in [2.75, 3.05) is 5.75 Å². The number of aryl methyl sites for hydroxylation is 2. The van der Waals surface area contributed by atoms with Crippen molar-refractivity contribution in [2.45, 2.75) is 44.2 Å². The molecule has 0 aliphatic heterocycles. The molecule has 0 fully saturated rings. The van der Waals surface area contributed by atoms with Crippen LogP contribution in [0, 0.1) is 0 Å². The molecule has 7 heteroatoms. The Labute approximate surface area is 152 Å². The molecular weight excluding hydrogens is 336 g/mol. The van der Waals surface area contributed by atoms with Crippen LogP contribution in [-0.2, 0) is 24.7 Å². The lowest BCUT2D eigenvalue weighted by molar-refractivity contribution is -0.118. The fraction of sp³-hybridized carbons (Fsp3) is 0.444. The lowest BCUT2D eigenvalue weighted by Gasteiger charge is -2.04. The number of hydrogen-bond acceptors (Lipinski definition) is 5. The maximum absolute atomic E-state index is 12.3. The number of benzene rings is 1. The van der Waals surface area contributed by atoms with Gasteiger partial charge in [0.05, 0.1) is 5.75 Å². The Kier molecular flexibility index (Phi) is 7.18. The van der Waals surface area contributed by atoms with Gasteiger partial charge in [-0.3, -0.25) is 9.59 Å². The second kappa shape index (κ2) is 9.36. The SMILES string of the molecule is CCCCc1ccc(C(=O)CSc2nnc(CCC(N)=O)n2C)cc1. The highest BCUT2D eigenvalue weighted by Crippen LogP contribution is 2.18. The van der Waals surface area contributed by atoms with Gasteiger partial charge in [-0.25, -0.2) is 0 Å². The third-order valence-electron chi connectivity index (χ3n) is 3.95. The first-order valence-electron chi connectivity index (χ1n) is 8.42. The monoisotopic (exact) mass is 360 g/mol. The molecule has 0 unspecified atom stereocenters. The van der Waals surface area contributed by atoms with Crippen LogP contribution < -0.4 is 5.73 Å². The lowest BCUT2D eigenvalue weighted by atomic mass is 10.1. The molecular formula is C18H24N4O2S. The number of nitrogens with two attached hydrogens (primary N) is 1. The predicted molar refractivity (Wildman–Crippen MR) is 98.6 cm³/mol. The van der Waals surface area contributed by atoms with Gasteiger partial charge in [0.1, 0.15) is 5.82 Å². The third-order valence-corrected chi connectivity index (χ3v) is 4.97. The number of hydrogen-bond donors (Lipinski definition) is 1. The standard InChI is InChI=1S/C18H24N4O2S/c1-3-4-5-13-6-8-14(9-7-13)15(23)12-25-18-21-20-17(22(18)2)11-10-16(19)24/h6-9H,3-5,10-12H2,1-2H3,(H2,19,24). The van der Waals surface area contributed by atoms with Crippen LogP contribution in [0.1, 0.15) is 47.9 Å². The van der Waals surface area contributed by atoms with Crippen molar-refractivity contribution >= 4 is 23.5 Å². The summed E-state index contributed by atoms with van der Waals surface area (Å²) in [5, 5.41) is 8.79. The summed E-state index contributed by atoms with van der Waals surface area (Å²) in [7, 11) is 1.83. The van der Waals surface area contributed by atoms with Gasteiger partial charge in [-0.05, 0) is 18.4 Å². The first-order valence-corrected chi connectivity index (χ1v) is 9.41. The van der Waals surface area contributed by atoms with E-state index in [1.807, 2.05) is 31.3 Å². The van der Waals surface area contributed by atoms with Crippen LogP contribution >= 0.6 is 11.8 Å². The highest BCUT2D eigenvalue weighted by atomic mass is 32.2. The molecule has 1 aromatic heterocycles. The summed E-state index contributed by atoms with van der Waals surface area (Å²) in [5.74, 6) is 0.688. The van der Waals surface area contributed by atoms with E-state index in [9.17, 15) is 9.59 Å². The Morgan fingerprint density at radius 3 is 2.52 bits per heavy atom. The van der Waals surface area contributed by atoms with Crippen molar-refractivity contribution in [1.29, 1.82) is 0 Å². The van der Waals surface area contributed by atoms with Gasteiger partial charge >= 0.3 is 0 Å². The highest BCUT2D eigenvalue weighted by Gasteiger charge is 2.13. The lowest BCUT2D eigenvalue weighted by Crippen LogP contribution is -2.13. The summed E-state index contributed by atoms with van der Waals surface area (Å²) < 4.78 is 1.80. The number of thioether (sulfide) groups is 1. The third kappa shape index (κ3) is 5.70. The molecule has 0 aliphatic carbocycles. The van der Waals surface area contributed by atoms with E-state index in [0.717, 1.165) is 19.3 Å².